The Bertz CT molecular complexity index is 667. The van der Waals surface area contributed by atoms with Gasteiger partial charge >= 0.3 is 0 Å². The van der Waals surface area contributed by atoms with E-state index in [2.05, 4.69) is 0 Å². The molecule has 0 spiro atoms. The Kier molecular flexibility index (Phi) is 3.60. The number of Topliss-reactive ketones (excluding diaryl/α,β-unsaturated/α-hetero) is 2. The second kappa shape index (κ2) is 5.77. The highest BCUT2D eigenvalue weighted by Gasteiger charge is 2.30. The van der Waals surface area contributed by atoms with Gasteiger partial charge in [-0.15, -0.1) is 0 Å². The summed E-state index contributed by atoms with van der Waals surface area (Å²) in [6, 6.07) is 15.9. The Morgan fingerprint density at radius 1 is 0.652 bits per heavy atom. The lowest BCUT2D eigenvalue weighted by Gasteiger charge is -2.05. The van der Waals surface area contributed by atoms with Gasteiger partial charge in [0.2, 0.25) is 0 Å². The first kappa shape index (κ1) is 14.4. The summed E-state index contributed by atoms with van der Waals surface area (Å²) in [6.45, 7) is 0. The highest BCUT2D eigenvalue weighted by atomic mass is 16.1. The van der Waals surface area contributed by atoms with Gasteiger partial charge in [0.15, 0.2) is 11.6 Å². The minimum atomic E-state index is 0.275. The number of carbonyl (C=O) groups is 2. The zero-order valence-corrected chi connectivity index (χ0v) is 13.1. The van der Waals surface area contributed by atoms with Crippen LogP contribution in [0.3, 0.4) is 0 Å². The fourth-order valence-electron chi connectivity index (χ4n) is 2.97. The Labute approximate surface area is 136 Å². The quantitative estimate of drug-likeness (QED) is 0.738. The number of ketones is 2. The predicted molar refractivity (Wildman–Crippen MR) is 89.8 cm³/mol. The van der Waals surface area contributed by atoms with E-state index >= 15 is 0 Å². The SMILES string of the molecule is O=C(c1ccc(Cc2ccc(C(=O)C3CC3)cc2)cc1)C1CC1. The van der Waals surface area contributed by atoms with Crippen LogP contribution in [0.5, 0.6) is 0 Å². The second-order valence-corrected chi connectivity index (χ2v) is 6.85. The Balaban J connectivity index is 1.42. The average Bonchev–Trinajstić information content (AvgIpc) is 3.48. The fourth-order valence-corrected chi connectivity index (χ4v) is 2.97. The molecule has 2 saturated carbocycles. The van der Waals surface area contributed by atoms with E-state index in [-0.39, 0.29) is 11.8 Å². The lowest BCUT2D eigenvalue weighted by atomic mass is 9.99. The molecule has 2 fully saturated rings. The summed E-state index contributed by atoms with van der Waals surface area (Å²) in [6.07, 6.45) is 5.02. The minimum absolute atomic E-state index is 0.275. The lowest BCUT2D eigenvalue weighted by molar-refractivity contribution is 0.0960. The van der Waals surface area contributed by atoms with E-state index in [9.17, 15) is 9.59 Å². The molecule has 0 radical (unpaired) electrons. The van der Waals surface area contributed by atoms with Gasteiger partial charge in [-0.3, -0.25) is 9.59 Å². The summed E-state index contributed by atoms with van der Waals surface area (Å²) < 4.78 is 0. The normalized spacial score (nSPS) is 17.0. The van der Waals surface area contributed by atoms with E-state index in [1.165, 1.54) is 11.1 Å². The van der Waals surface area contributed by atoms with Gasteiger partial charge in [-0.2, -0.15) is 0 Å². The van der Waals surface area contributed by atoms with Gasteiger partial charge in [0.1, 0.15) is 0 Å². The van der Waals surface area contributed by atoms with Crippen molar-refractivity contribution in [2.24, 2.45) is 11.8 Å². The third kappa shape index (κ3) is 3.26. The monoisotopic (exact) mass is 304 g/mol. The number of rotatable bonds is 6. The van der Waals surface area contributed by atoms with Crippen molar-refractivity contribution < 1.29 is 9.59 Å². The van der Waals surface area contributed by atoms with Gasteiger partial charge in [-0.1, -0.05) is 48.5 Å². The molecule has 0 unspecified atom stereocenters. The molecule has 0 aromatic heterocycles. The van der Waals surface area contributed by atoms with Crippen molar-refractivity contribution in [3.05, 3.63) is 70.8 Å². The van der Waals surface area contributed by atoms with E-state index in [1.54, 1.807) is 0 Å². The average molecular weight is 304 g/mol. The van der Waals surface area contributed by atoms with Crippen LogP contribution in [0.4, 0.5) is 0 Å². The number of carbonyl (C=O) groups excluding carboxylic acids is 2. The highest BCUT2D eigenvalue weighted by Crippen LogP contribution is 2.33. The first-order valence-corrected chi connectivity index (χ1v) is 8.47. The number of hydrogen-bond acceptors (Lipinski definition) is 2. The van der Waals surface area contributed by atoms with E-state index in [0.717, 1.165) is 43.2 Å². The van der Waals surface area contributed by atoms with Gasteiger partial charge < -0.3 is 0 Å². The Hall–Kier alpha value is -2.22. The van der Waals surface area contributed by atoms with Gasteiger partial charge in [0.05, 0.1) is 0 Å². The summed E-state index contributed by atoms with van der Waals surface area (Å²) in [7, 11) is 0. The van der Waals surface area contributed by atoms with Crippen LogP contribution in [0.1, 0.15) is 57.5 Å². The molecule has 0 saturated heterocycles. The van der Waals surface area contributed by atoms with Crippen molar-refractivity contribution in [1.82, 2.24) is 0 Å². The maximum Gasteiger partial charge on any atom is 0.165 e. The van der Waals surface area contributed by atoms with Crippen LogP contribution in [0.2, 0.25) is 0 Å². The molecule has 2 aliphatic carbocycles. The molecule has 23 heavy (non-hydrogen) atoms. The molecule has 0 N–H and O–H groups in total. The minimum Gasteiger partial charge on any atom is -0.294 e. The largest absolute Gasteiger partial charge is 0.294 e. The van der Waals surface area contributed by atoms with E-state index in [0.29, 0.717) is 11.6 Å². The van der Waals surface area contributed by atoms with Crippen molar-refractivity contribution in [2.75, 3.05) is 0 Å². The smallest absolute Gasteiger partial charge is 0.165 e. The molecular weight excluding hydrogens is 284 g/mol. The van der Waals surface area contributed by atoms with Crippen molar-refractivity contribution in [3.8, 4) is 0 Å². The van der Waals surface area contributed by atoms with Crippen molar-refractivity contribution in [3.63, 3.8) is 0 Å². The molecule has 0 atom stereocenters. The maximum atomic E-state index is 12.0. The molecule has 2 heteroatoms. The van der Waals surface area contributed by atoms with E-state index in [4.69, 9.17) is 0 Å². The third-order valence-corrected chi connectivity index (χ3v) is 4.78. The zero-order valence-electron chi connectivity index (χ0n) is 13.1. The first-order chi connectivity index (χ1) is 11.2. The molecule has 2 aromatic carbocycles. The third-order valence-electron chi connectivity index (χ3n) is 4.78. The Morgan fingerprint density at radius 3 is 1.30 bits per heavy atom. The fraction of sp³-hybridized carbons (Fsp3) is 0.333. The van der Waals surface area contributed by atoms with Crippen molar-refractivity contribution in [2.45, 2.75) is 32.1 Å². The van der Waals surface area contributed by atoms with Gasteiger partial charge in [0.25, 0.3) is 0 Å². The van der Waals surface area contributed by atoms with Crippen molar-refractivity contribution >= 4 is 11.6 Å². The van der Waals surface area contributed by atoms with Crippen molar-refractivity contribution in [1.29, 1.82) is 0 Å². The molecule has 4 rings (SSSR count). The molecule has 0 amide bonds. The molecule has 0 aliphatic heterocycles. The predicted octanol–water partition coefficient (Wildman–Crippen LogP) is 4.46. The summed E-state index contributed by atoms with van der Waals surface area (Å²) in [4.78, 5) is 24.0. The summed E-state index contributed by atoms with van der Waals surface area (Å²) >= 11 is 0. The molecule has 2 aromatic rings. The molecule has 2 nitrogen and oxygen atoms in total. The van der Waals surface area contributed by atoms with Crippen LogP contribution < -0.4 is 0 Å². The lowest BCUT2D eigenvalue weighted by Crippen LogP contribution is -2.02. The molecule has 116 valence electrons. The zero-order chi connectivity index (χ0) is 15.8. The second-order valence-electron chi connectivity index (χ2n) is 6.85. The standard InChI is InChI=1S/C21H20O2/c22-20(18-9-10-18)16-5-1-14(2-6-16)13-15-3-7-17(8-4-15)21(23)19-11-12-19/h1-8,18-19H,9-13H2. The van der Waals surface area contributed by atoms with Gasteiger partial charge in [-0.05, 0) is 43.2 Å². The highest BCUT2D eigenvalue weighted by molar-refractivity contribution is 5.99. The Morgan fingerprint density at radius 2 is 1.00 bits per heavy atom. The van der Waals surface area contributed by atoms with Gasteiger partial charge in [-0.25, -0.2) is 0 Å². The number of benzene rings is 2. The summed E-state index contributed by atoms with van der Waals surface area (Å²) in [5.41, 5.74) is 4.06. The van der Waals surface area contributed by atoms with Crippen LogP contribution in [0, 0.1) is 11.8 Å². The number of hydrogen-bond donors (Lipinski definition) is 0. The molecule has 2 aliphatic rings. The van der Waals surface area contributed by atoms with Crippen LogP contribution >= 0.6 is 0 Å². The van der Waals surface area contributed by atoms with E-state index in [1.807, 2.05) is 48.5 Å². The maximum absolute atomic E-state index is 12.0. The van der Waals surface area contributed by atoms with Gasteiger partial charge in [0, 0.05) is 23.0 Å². The first-order valence-electron chi connectivity index (χ1n) is 8.47. The molecule has 0 heterocycles. The summed E-state index contributed by atoms with van der Waals surface area (Å²) in [5.74, 6) is 1.13. The van der Waals surface area contributed by atoms with Crippen LogP contribution in [0.25, 0.3) is 0 Å². The topological polar surface area (TPSA) is 34.1 Å². The summed E-state index contributed by atoms with van der Waals surface area (Å²) in [5, 5.41) is 0. The molecule has 0 bridgehead atoms. The van der Waals surface area contributed by atoms with E-state index < -0.39 is 0 Å². The van der Waals surface area contributed by atoms with Crippen LogP contribution in [0.15, 0.2) is 48.5 Å². The molecular formula is C21H20O2. The van der Waals surface area contributed by atoms with Crippen LogP contribution in [-0.2, 0) is 6.42 Å². The van der Waals surface area contributed by atoms with Crippen LogP contribution in [-0.4, -0.2) is 11.6 Å².